The van der Waals surface area contributed by atoms with Crippen LogP contribution in [0.1, 0.15) is 12.5 Å². The van der Waals surface area contributed by atoms with E-state index in [4.69, 9.17) is 4.74 Å². The normalized spacial score (nSPS) is 22.2. The predicted molar refractivity (Wildman–Crippen MR) is 65.1 cm³/mol. The van der Waals surface area contributed by atoms with E-state index < -0.39 is 22.2 Å². The van der Waals surface area contributed by atoms with Crippen LogP contribution in [0.5, 0.6) is 5.75 Å². The Bertz CT molecular complexity index is 553. The van der Waals surface area contributed by atoms with Gasteiger partial charge in [0.2, 0.25) is 0 Å². The number of hydrogen-bond acceptors (Lipinski definition) is 4. The number of rotatable bonds is 3. The van der Waals surface area contributed by atoms with Crippen LogP contribution in [-0.4, -0.2) is 31.8 Å². The van der Waals surface area contributed by atoms with Gasteiger partial charge in [-0.25, -0.2) is 4.31 Å². The Labute approximate surface area is 106 Å². The molecule has 0 aromatic heterocycles. The maximum atomic E-state index is 11.7. The van der Waals surface area contributed by atoms with E-state index in [2.05, 4.69) is 4.72 Å². The highest BCUT2D eigenvalue weighted by Crippen LogP contribution is 2.18. The zero-order chi connectivity index (χ0) is 13.3. The summed E-state index contributed by atoms with van der Waals surface area (Å²) in [5.74, 6) is 0.242. The third-order valence-corrected chi connectivity index (χ3v) is 4.26. The van der Waals surface area contributed by atoms with Crippen molar-refractivity contribution in [3.63, 3.8) is 0 Å². The first-order valence-electron chi connectivity index (χ1n) is 5.41. The Balaban J connectivity index is 2.20. The molecule has 1 aromatic carbocycles. The van der Waals surface area contributed by atoms with Gasteiger partial charge in [0.15, 0.2) is 0 Å². The minimum absolute atomic E-state index is 0.0303. The number of nitrogens with one attached hydrogen (secondary N) is 1. The first-order valence-corrected chi connectivity index (χ1v) is 6.85. The largest absolute Gasteiger partial charge is 0.497 e. The second-order valence-corrected chi connectivity index (χ2v) is 5.66. The number of methoxy groups -OCH3 is 1. The summed E-state index contributed by atoms with van der Waals surface area (Å²) in [6.45, 7) is 1.55. The second kappa shape index (κ2) is 4.58. The lowest BCUT2D eigenvalue weighted by Gasteiger charge is -2.14. The molecule has 7 heteroatoms. The summed E-state index contributed by atoms with van der Waals surface area (Å²) in [6.07, 6.45) is 0. The Morgan fingerprint density at radius 3 is 2.39 bits per heavy atom. The van der Waals surface area contributed by atoms with Crippen molar-refractivity contribution in [3.05, 3.63) is 29.8 Å². The highest BCUT2D eigenvalue weighted by atomic mass is 32.2. The van der Waals surface area contributed by atoms with Crippen LogP contribution < -0.4 is 9.46 Å². The van der Waals surface area contributed by atoms with Crippen molar-refractivity contribution in [2.24, 2.45) is 0 Å². The maximum absolute atomic E-state index is 11.7. The molecule has 1 saturated heterocycles. The lowest BCUT2D eigenvalue weighted by atomic mass is 10.2. The van der Waals surface area contributed by atoms with Crippen LogP contribution in [0.15, 0.2) is 24.3 Å². The van der Waals surface area contributed by atoms with Gasteiger partial charge in [0, 0.05) is 0 Å². The van der Waals surface area contributed by atoms with E-state index >= 15 is 0 Å². The van der Waals surface area contributed by atoms with Crippen LogP contribution in [0.25, 0.3) is 0 Å². The molecule has 0 spiro atoms. The van der Waals surface area contributed by atoms with Crippen LogP contribution in [0.4, 0.5) is 0 Å². The standard InChI is InChI=1S/C11H14N2O4S/c1-8-11(14)13(18(15,16)12-8)7-9-3-5-10(17-2)6-4-9/h3-6,8,12H,7H2,1-2H3/t8-/m0/s1. The highest BCUT2D eigenvalue weighted by Gasteiger charge is 2.40. The van der Waals surface area contributed by atoms with E-state index in [1.807, 2.05) is 0 Å². The molecule has 0 radical (unpaired) electrons. The number of carbonyl (C=O) groups is 1. The van der Waals surface area contributed by atoms with Gasteiger partial charge in [0.1, 0.15) is 11.8 Å². The van der Waals surface area contributed by atoms with Crippen LogP contribution in [0.2, 0.25) is 0 Å². The summed E-state index contributed by atoms with van der Waals surface area (Å²) in [5, 5.41) is 0. The lowest BCUT2D eigenvalue weighted by Crippen LogP contribution is -2.31. The zero-order valence-electron chi connectivity index (χ0n) is 10.1. The number of hydrogen-bond donors (Lipinski definition) is 1. The van der Waals surface area contributed by atoms with Gasteiger partial charge in [-0.15, -0.1) is 0 Å². The van der Waals surface area contributed by atoms with E-state index in [0.717, 1.165) is 9.87 Å². The summed E-state index contributed by atoms with van der Waals surface area (Å²) >= 11 is 0. The Hall–Kier alpha value is -1.60. The minimum Gasteiger partial charge on any atom is -0.497 e. The summed E-state index contributed by atoms with van der Waals surface area (Å²) in [4.78, 5) is 11.7. The molecule has 18 heavy (non-hydrogen) atoms. The summed E-state index contributed by atoms with van der Waals surface area (Å²) in [7, 11) is -2.15. The van der Waals surface area contributed by atoms with E-state index in [1.54, 1.807) is 31.4 Å². The Morgan fingerprint density at radius 2 is 1.94 bits per heavy atom. The van der Waals surface area contributed by atoms with Gasteiger partial charge >= 0.3 is 10.2 Å². The molecule has 1 heterocycles. The molecular formula is C11H14N2O4S. The van der Waals surface area contributed by atoms with Gasteiger partial charge in [-0.05, 0) is 24.6 Å². The van der Waals surface area contributed by atoms with Gasteiger partial charge in [-0.1, -0.05) is 12.1 Å². The van der Waals surface area contributed by atoms with Crippen molar-refractivity contribution < 1.29 is 17.9 Å². The average Bonchev–Trinajstić information content (AvgIpc) is 2.52. The Kier molecular flexibility index (Phi) is 3.27. The van der Waals surface area contributed by atoms with Crippen molar-refractivity contribution in [3.8, 4) is 5.75 Å². The fraction of sp³-hybridized carbons (Fsp3) is 0.364. The molecule has 1 fully saturated rings. The molecule has 98 valence electrons. The average molecular weight is 270 g/mol. The van der Waals surface area contributed by atoms with E-state index in [1.165, 1.54) is 6.92 Å². The molecule has 1 atom stereocenters. The molecule has 1 aliphatic heterocycles. The second-order valence-electron chi connectivity index (χ2n) is 4.04. The smallest absolute Gasteiger partial charge is 0.304 e. The van der Waals surface area contributed by atoms with Gasteiger partial charge in [0.05, 0.1) is 13.7 Å². The van der Waals surface area contributed by atoms with E-state index in [-0.39, 0.29) is 6.54 Å². The van der Waals surface area contributed by atoms with Gasteiger partial charge in [0.25, 0.3) is 5.91 Å². The fourth-order valence-corrected chi connectivity index (χ4v) is 3.12. The molecule has 6 nitrogen and oxygen atoms in total. The quantitative estimate of drug-likeness (QED) is 0.855. The third-order valence-electron chi connectivity index (χ3n) is 2.72. The van der Waals surface area contributed by atoms with Crippen molar-refractivity contribution in [1.29, 1.82) is 0 Å². The number of nitrogens with zero attached hydrogens (tertiary/aromatic N) is 1. The fourth-order valence-electron chi connectivity index (χ4n) is 1.73. The minimum atomic E-state index is -3.70. The Morgan fingerprint density at radius 1 is 1.33 bits per heavy atom. The molecular weight excluding hydrogens is 256 g/mol. The lowest BCUT2D eigenvalue weighted by molar-refractivity contribution is -0.126. The topological polar surface area (TPSA) is 75.7 Å². The molecule has 1 N–H and O–H groups in total. The summed E-state index contributed by atoms with van der Waals surface area (Å²) < 4.78 is 31.5. The number of ether oxygens (including phenoxy) is 1. The monoisotopic (exact) mass is 270 g/mol. The molecule has 0 aliphatic carbocycles. The van der Waals surface area contributed by atoms with Crippen molar-refractivity contribution in [1.82, 2.24) is 9.03 Å². The van der Waals surface area contributed by atoms with Gasteiger partial charge in [-0.3, -0.25) is 4.79 Å². The van der Waals surface area contributed by atoms with Crippen LogP contribution in [0, 0.1) is 0 Å². The highest BCUT2D eigenvalue weighted by molar-refractivity contribution is 7.88. The van der Waals surface area contributed by atoms with Crippen LogP contribution >= 0.6 is 0 Å². The van der Waals surface area contributed by atoms with Crippen molar-refractivity contribution in [2.75, 3.05) is 7.11 Å². The summed E-state index contributed by atoms with van der Waals surface area (Å²) in [6, 6.07) is 6.20. The van der Waals surface area contributed by atoms with Gasteiger partial charge in [-0.2, -0.15) is 13.1 Å². The maximum Gasteiger partial charge on any atom is 0.304 e. The number of benzene rings is 1. The van der Waals surface area contributed by atoms with Crippen molar-refractivity contribution in [2.45, 2.75) is 19.5 Å². The van der Waals surface area contributed by atoms with Gasteiger partial charge < -0.3 is 4.74 Å². The number of amides is 1. The first kappa shape index (κ1) is 12.8. The molecule has 0 saturated carbocycles. The molecule has 0 bridgehead atoms. The van der Waals surface area contributed by atoms with Crippen LogP contribution in [0.3, 0.4) is 0 Å². The molecule has 1 aliphatic rings. The molecule has 1 aromatic rings. The van der Waals surface area contributed by atoms with Crippen LogP contribution in [-0.2, 0) is 21.5 Å². The molecule has 0 unspecified atom stereocenters. The van der Waals surface area contributed by atoms with Crippen molar-refractivity contribution >= 4 is 16.1 Å². The molecule has 1 amide bonds. The predicted octanol–water partition coefficient (Wildman–Crippen LogP) is 0.260. The SMILES string of the molecule is COc1ccc(CN2C(=O)[C@H](C)NS2(=O)=O)cc1. The third kappa shape index (κ3) is 2.32. The first-order chi connectivity index (χ1) is 8.44. The number of carbonyl (C=O) groups excluding carboxylic acids is 1. The zero-order valence-corrected chi connectivity index (χ0v) is 10.9. The molecule has 2 rings (SSSR count). The van der Waals surface area contributed by atoms with E-state index in [0.29, 0.717) is 5.75 Å². The summed E-state index contributed by atoms with van der Waals surface area (Å²) in [5.41, 5.74) is 0.726. The van der Waals surface area contributed by atoms with E-state index in [9.17, 15) is 13.2 Å².